The zero-order valence-corrected chi connectivity index (χ0v) is 9.69. The van der Waals surface area contributed by atoms with Gasteiger partial charge in [-0.15, -0.1) is 0 Å². The van der Waals surface area contributed by atoms with Gasteiger partial charge < -0.3 is 9.52 Å². The number of carboxylic acids is 1. The fraction of sp³-hybridized carbons (Fsp3) is 0.444. The zero-order chi connectivity index (χ0) is 12.3. The number of furan rings is 1. The second kappa shape index (κ2) is 4.67. The highest BCUT2D eigenvalue weighted by Crippen LogP contribution is 2.14. The minimum absolute atomic E-state index is 0.432. The van der Waals surface area contributed by atoms with Gasteiger partial charge in [0.1, 0.15) is 5.76 Å². The largest absolute Gasteiger partial charge is 0.480 e. The average Bonchev–Trinajstić information content (AvgIpc) is 2.68. The molecule has 0 bridgehead atoms. The molecule has 0 fully saturated rings. The predicted molar refractivity (Wildman–Crippen MR) is 56.3 cm³/mol. The fourth-order valence-corrected chi connectivity index (χ4v) is 2.16. The van der Waals surface area contributed by atoms with Crippen LogP contribution in [0.1, 0.15) is 25.6 Å². The molecule has 1 rings (SSSR count). The van der Waals surface area contributed by atoms with Crippen molar-refractivity contribution in [1.29, 1.82) is 0 Å². The van der Waals surface area contributed by atoms with Crippen molar-refractivity contribution in [1.82, 2.24) is 4.72 Å². The van der Waals surface area contributed by atoms with E-state index in [9.17, 15) is 13.2 Å². The van der Waals surface area contributed by atoms with Gasteiger partial charge in [-0.1, -0.05) is 0 Å². The molecule has 2 N–H and O–H groups in total. The van der Waals surface area contributed by atoms with Crippen molar-refractivity contribution in [2.45, 2.75) is 25.1 Å². The molecule has 0 aliphatic carbocycles. The van der Waals surface area contributed by atoms with E-state index in [1.54, 1.807) is 19.1 Å². The van der Waals surface area contributed by atoms with E-state index in [1.165, 1.54) is 6.26 Å². The molecule has 0 aliphatic rings. The van der Waals surface area contributed by atoms with Crippen molar-refractivity contribution in [2.75, 3.05) is 0 Å². The van der Waals surface area contributed by atoms with Crippen LogP contribution in [-0.2, 0) is 14.8 Å². The van der Waals surface area contributed by atoms with Crippen LogP contribution >= 0.6 is 0 Å². The Labute approximate surface area is 93.3 Å². The number of hydrogen-bond donors (Lipinski definition) is 2. The number of hydrogen-bond acceptors (Lipinski definition) is 4. The van der Waals surface area contributed by atoms with E-state index in [0.29, 0.717) is 5.76 Å². The van der Waals surface area contributed by atoms with Crippen LogP contribution in [0.4, 0.5) is 0 Å². The van der Waals surface area contributed by atoms with E-state index < -0.39 is 27.3 Å². The Morgan fingerprint density at radius 2 is 2.12 bits per heavy atom. The number of nitrogens with one attached hydrogen (secondary N) is 1. The molecule has 1 unspecified atom stereocenters. The molecule has 0 aromatic carbocycles. The summed E-state index contributed by atoms with van der Waals surface area (Å²) in [6, 6.07) is 2.64. The van der Waals surface area contributed by atoms with Gasteiger partial charge in [-0.05, 0) is 26.0 Å². The first-order chi connectivity index (χ1) is 7.34. The molecular formula is C9H13NO5S. The Bertz CT molecular complexity index is 450. The summed E-state index contributed by atoms with van der Waals surface area (Å²) in [4.78, 5) is 10.6. The van der Waals surface area contributed by atoms with Gasteiger partial charge in [-0.3, -0.25) is 4.79 Å². The van der Waals surface area contributed by atoms with Gasteiger partial charge in [0.05, 0.1) is 12.3 Å². The molecule has 0 spiro atoms. The molecule has 7 heteroatoms. The molecule has 0 aliphatic heterocycles. The Balaban J connectivity index is 2.78. The van der Waals surface area contributed by atoms with Gasteiger partial charge in [0.25, 0.3) is 0 Å². The third-order valence-corrected chi connectivity index (χ3v) is 3.94. The third kappa shape index (κ3) is 2.83. The second-order valence-corrected chi connectivity index (χ2v) is 5.41. The van der Waals surface area contributed by atoms with Crippen molar-refractivity contribution in [3.8, 4) is 0 Å². The smallest absolute Gasteiger partial charge is 0.323 e. The SMILES string of the molecule is CC(C(=O)O)S(=O)(=O)N[C@H](C)c1ccco1. The van der Waals surface area contributed by atoms with Gasteiger partial charge >= 0.3 is 5.97 Å². The van der Waals surface area contributed by atoms with E-state index in [-0.39, 0.29) is 0 Å². The maximum Gasteiger partial charge on any atom is 0.323 e. The van der Waals surface area contributed by atoms with Crippen molar-refractivity contribution >= 4 is 16.0 Å². The molecule has 2 atom stereocenters. The van der Waals surface area contributed by atoms with E-state index in [2.05, 4.69) is 4.72 Å². The quantitative estimate of drug-likeness (QED) is 0.799. The van der Waals surface area contributed by atoms with Crippen molar-refractivity contribution in [2.24, 2.45) is 0 Å². The molecule has 6 nitrogen and oxygen atoms in total. The monoisotopic (exact) mass is 247 g/mol. The topological polar surface area (TPSA) is 96.6 Å². The van der Waals surface area contributed by atoms with Gasteiger partial charge in [0, 0.05) is 0 Å². The molecule has 1 aromatic heterocycles. The summed E-state index contributed by atoms with van der Waals surface area (Å²) in [7, 11) is -3.89. The standard InChI is InChI=1S/C9H13NO5S/c1-6(8-4-3-5-15-8)10-16(13,14)7(2)9(11)12/h3-7,10H,1-2H3,(H,11,12)/t6-,7?/m1/s1. The minimum atomic E-state index is -3.89. The average molecular weight is 247 g/mol. The highest BCUT2D eigenvalue weighted by Gasteiger charge is 2.29. The van der Waals surface area contributed by atoms with Gasteiger partial charge in [0.2, 0.25) is 10.0 Å². The highest BCUT2D eigenvalue weighted by molar-refractivity contribution is 7.90. The van der Waals surface area contributed by atoms with Crippen molar-refractivity contribution in [3.63, 3.8) is 0 Å². The molecule has 0 radical (unpaired) electrons. The summed E-state index contributed by atoms with van der Waals surface area (Å²) in [6.07, 6.45) is 1.42. The first kappa shape index (κ1) is 12.7. The maximum atomic E-state index is 11.5. The lowest BCUT2D eigenvalue weighted by Gasteiger charge is -2.14. The predicted octanol–water partition coefficient (Wildman–Crippen LogP) is 0.733. The van der Waals surface area contributed by atoms with Crippen LogP contribution in [0, 0.1) is 0 Å². The summed E-state index contributed by atoms with van der Waals surface area (Å²) in [6.45, 7) is 2.68. The van der Waals surface area contributed by atoms with E-state index in [0.717, 1.165) is 6.92 Å². The van der Waals surface area contributed by atoms with Crippen molar-refractivity contribution < 1.29 is 22.7 Å². The van der Waals surface area contributed by atoms with Gasteiger partial charge in [-0.25, -0.2) is 13.1 Å². The highest BCUT2D eigenvalue weighted by atomic mass is 32.2. The summed E-state index contributed by atoms with van der Waals surface area (Å²) in [5.41, 5.74) is 0. The van der Waals surface area contributed by atoms with Crippen LogP contribution in [0.3, 0.4) is 0 Å². The maximum absolute atomic E-state index is 11.5. The normalized spacial score (nSPS) is 15.6. The Morgan fingerprint density at radius 3 is 2.56 bits per heavy atom. The minimum Gasteiger partial charge on any atom is -0.480 e. The molecule has 1 aromatic rings. The van der Waals surface area contributed by atoms with Gasteiger partial charge in [0.15, 0.2) is 5.25 Å². The first-order valence-corrected chi connectivity index (χ1v) is 6.16. The molecular weight excluding hydrogens is 234 g/mol. The lowest BCUT2D eigenvalue weighted by atomic mass is 10.3. The van der Waals surface area contributed by atoms with Gasteiger partial charge in [-0.2, -0.15) is 0 Å². The lowest BCUT2D eigenvalue weighted by molar-refractivity contribution is -0.136. The zero-order valence-electron chi connectivity index (χ0n) is 8.88. The van der Waals surface area contributed by atoms with Crippen LogP contribution < -0.4 is 4.72 Å². The fourth-order valence-electron chi connectivity index (χ4n) is 1.08. The Morgan fingerprint density at radius 1 is 1.50 bits per heavy atom. The summed E-state index contributed by atoms with van der Waals surface area (Å²) in [5, 5.41) is 7.12. The molecule has 90 valence electrons. The number of rotatable bonds is 5. The van der Waals surface area contributed by atoms with Crippen LogP contribution in [-0.4, -0.2) is 24.7 Å². The van der Waals surface area contributed by atoms with E-state index >= 15 is 0 Å². The summed E-state index contributed by atoms with van der Waals surface area (Å²) in [5.74, 6) is -0.958. The van der Waals surface area contributed by atoms with Crippen LogP contribution in [0.2, 0.25) is 0 Å². The molecule has 1 heterocycles. The Hall–Kier alpha value is -1.34. The molecule has 0 saturated heterocycles. The van der Waals surface area contributed by atoms with Crippen molar-refractivity contribution in [3.05, 3.63) is 24.2 Å². The Kier molecular flexibility index (Phi) is 3.71. The number of aliphatic carboxylic acids is 1. The van der Waals surface area contributed by atoms with E-state index in [1.807, 2.05) is 0 Å². The van der Waals surface area contributed by atoms with Crippen LogP contribution in [0.5, 0.6) is 0 Å². The number of carbonyl (C=O) groups is 1. The molecule has 0 saturated carbocycles. The van der Waals surface area contributed by atoms with Crippen LogP contribution in [0.15, 0.2) is 22.8 Å². The summed E-state index contributed by atoms with van der Waals surface area (Å²) < 4.78 is 30.3. The van der Waals surface area contributed by atoms with Crippen LogP contribution in [0.25, 0.3) is 0 Å². The summed E-state index contributed by atoms with van der Waals surface area (Å²) >= 11 is 0. The number of sulfonamides is 1. The van der Waals surface area contributed by atoms with E-state index in [4.69, 9.17) is 9.52 Å². The molecule has 16 heavy (non-hydrogen) atoms. The second-order valence-electron chi connectivity index (χ2n) is 3.38. The third-order valence-electron chi connectivity index (χ3n) is 2.12. The number of carboxylic acid groups (broad SMARTS) is 1. The first-order valence-electron chi connectivity index (χ1n) is 4.62. The molecule has 0 amide bonds. The lowest BCUT2D eigenvalue weighted by Crippen LogP contribution is -2.38.